The van der Waals surface area contributed by atoms with Crippen molar-refractivity contribution in [3.8, 4) is 0 Å². The molecule has 108 valence electrons. The van der Waals surface area contributed by atoms with Gasteiger partial charge in [-0.05, 0) is 19.9 Å². The molecule has 0 aliphatic carbocycles. The smallest absolute Gasteiger partial charge is 0.333 e. The van der Waals surface area contributed by atoms with Crippen LogP contribution < -0.4 is 5.32 Å². The second kappa shape index (κ2) is 5.40. The van der Waals surface area contributed by atoms with Gasteiger partial charge >= 0.3 is 6.55 Å². The number of alkyl halides is 2. The van der Waals surface area contributed by atoms with Crippen molar-refractivity contribution >= 4 is 5.91 Å². The van der Waals surface area contributed by atoms with Gasteiger partial charge in [0, 0.05) is 31.0 Å². The number of nitrogens with zero attached hydrogens (tertiary/aromatic N) is 4. The van der Waals surface area contributed by atoms with Crippen molar-refractivity contribution < 1.29 is 13.6 Å². The molecule has 0 atom stereocenters. The maximum Gasteiger partial charge on any atom is 0.333 e. The third-order valence-corrected chi connectivity index (χ3v) is 3.13. The van der Waals surface area contributed by atoms with Crippen molar-refractivity contribution in [1.29, 1.82) is 0 Å². The second-order valence-corrected chi connectivity index (χ2v) is 4.41. The number of aryl methyl sites for hydroxylation is 2. The summed E-state index contributed by atoms with van der Waals surface area (Å²) in [6.45, 7) is 1.28. The van der Waals surface area contributed by atoms with Crippen LogP contribution in [-0.4, -0.2) is 25.5 Å². The van der Waals surface area contributed by atoms with Crippen LogP contribution in [0.3, 0.4) is 0 Å². The van der Waals surface area contributed by atoms with Crippen LogP contribution in [0.5, 0.6) is 0 Å². The number of hydrogen-bond acceptors (Lipinski definition) is 3. The van der Waals surface area contributed by atoms with Gasteiger partial charge in [0.1, 0.15) is 5.69 Å². The van der Waals surface area contributed by atoms with Gasteiger partial charge in [0.25, 0.3) is 5.91 Å². The maximum atomic E-state index is 12.4. The number of carbonyl (C=O) groups excluding carboxylic acids is 1. The van der Waals surface area contributed by atoms with E-state index in [1.807, 2.05) is 20.9 Å². The maximum absolute atomic E-state index is 12.4. The Morgan fingerprint density at radius 1 is 1.40 bits per heavy atom. The van der Waals surface area contributed by atoms with Crippen LogP contribution in [0.25, 0.3) is 0 Å². The predicted octanol–water partition coefficient (Wildman–Crippen LogP) is 1.56. The zero-order chi connectivity index (χ0) is 14.9. The summed E-state index contributed by atoms with van der Waals surface area (Å²) < 4.78 is 26.9. The highest BCUT2D eigenvalue weighted by atomic mass is 19.3. The lowest BCUT2D eigenvalue weighted by Gasteiger charge is -2.04. The zero-order valence-electron chi connectivity index (χ0n) is 11.4. The highest BCUT2D eigenvalue weighted by Crippen LogP contribution is 2.12. The lowest BCUT2D eigenvalue weighted by atomic mass is 10.2. The minimum absolute atomic E-state index is 0.0375. The molecular weight excluding hydrogens is 268 g/mol. The molecule has 8 heteroatoms. The molecule has 0 saturated heterocycles. The number of rotatable bonds is 4. The van der Waals surface area contributed by atoms with E-state index in [-0.39, 0.29) is 12.2 Å². The van der Waals surface area contributed by atoms with E-state index >= 15 is 0 Å². The van der Waals surface area contributed by atoms with Crippen molar-refractivity contribution in [2.24, 2.45) is 7.05 Å². The van der Waals surface area contributed by atoms with Gasteiger partial charge in [0.2, 0.25) is 0 Å². The Balaban J connectivity index is 2.04. The van der Waals surface area contributed by atoms with Crippen LogP contribution in [0.4, 0.5) is 8.78 Å². The number of amides is 1. The fraction of sp³-hybridized carbons (Fsp3) is 0.417. The van der Waals surface area contributed by atoms with Crippen molar-refractivity contribution in [3.63, 3.8) is 0 Å². The van der Waals surface area contributed by atoms with E-state index in [0.29, 0.717) is 4.68 Å². The summed E-state index contributed by atoms with van der Waals surface area (Å²) in [5.41, 5.74) is 2.64. The van der Waals surface area contributed by atoms with E-state index in [1.54, 1.807) is 4.68 Å². The molecule has 1 N–H and O–H groups in total. The van der Waals surface area contributed by atoms with Gasteiger partial charge in [-0.15, -0.1) is 0 Å². The largest absolute Gasteiger partial charge is 0.346 e. The zero-order valence-corrected chi connectivity index (χ0v) is 11.4. The molecule has 2 heterocycles. The van der Waals surface area contributed by atoms with Crippen molar-refractivity contribution in [2.45, 2.75) is 26.9 Å². The summed E-state index contributed by atoms with van der Waals surface area (Å²) in [6.07, 6.45) is 1.07. The number of halogens is 2. The normalized spacial score (nSPS) is 11.1. The molecule has 0 bridgehead atoms. The lowest BCUT2D eigenvalue weighted by Crippen LogP contribution is -2.24. The fourth-order valence-electron chi connectivity index (χ4n) is 1.90. The monoisotopic (exact) mass is 283 g/mol. The van der Waals surface area contributed by atoms with Gasteiger partial charge in [-0.2, -0.15) is 19.0 Å². The summed E-state index contributed by atoms with van der Waals surface area (Å²) in [5.74, 6) is -0.493. The van der Waals surface area contributed by atoms with Crippen molar-refractivity contribution in [1.82, 2.24) is 24.9 Å². The summed E-state index contributed by atoms with van der Waals surface area (Å²) in [6, 6.07) is 1.25. The molecule has 0 radical (unpaired) electrons. The summed E-state index contributed by atoms with van der Waals surface area (Å²) in [7, 11) is 1.82. The summed E-state index contributed by atoms with van der Waals surface area (Å²) in [4.78, 5) is 11.8. The summed E-state index contributed by atoms with van der Waals surface area (Å²) in [5, 5.41) is 10.4. The Hall–Kier alpha value is -2.25. The highest BCUT2D eigenvalue weighted by Gasteiger charge is 2.15. The van der Waals surface area contributed by atoms with Crippen molar-refractivity contribution in [3.05, 3.63) is 34.9 Å². The van der Waals surface area contributed by atoms with E-state index in [0.717, 1.165) is 23.1 Å². The number of aromatic nitrogens is 4. The topological polar surface area (TPSA) is 64.7 Å². The minimum Gasteiger partial charge on any atom is -0.346 e. The third-order valence-electron chi connectivity index (χ3n) is 3.13. The molecule has 0 fully saturated rings. The molecule has 0 spiro atoms. The van der Waals surface area contributed by atoms with E-state index in [1.165, 1.54) is 6.07 Å². The second-order valence-electron chi connectivity index (χ2n) is 4.41. The highest BCUT2D eigenvalue weighted by molar-refractivity contribution is 5.92. The van der Waals surface area contributed by atoms with Crippen LogP contribution >= 0.6 is 0 Å². The van der Waals surface area contributed by atoms with E-state index in [9.17, 15) is 13.6 Å². The average Bonchev–Trinajstić information content (AvgIpc) is 2.95. The molecule has 0 saturated carbocycles. The molecule has 6 nitrogen and oxygen atoms in total. The Bertz CT molecular complexity index is 632. The fourth-order valence-corrected chi connectivity index (χ4v) is 1.90. The molecule has 2 aromatic rings. The first-order chi connectivity index (χ1) is 9.40. The van der Waals surface area contributed by atoms with E-state index in [4.69, 9.17) is 0 Å². The molecule has 1 amide bonds. The third kappa shape index (κ3) is 2.68. The Labute approximate surface area is 114 Å². The van der Waals surface area contributed by atoms with Gasteiger partial charge < -0.3 is 5.32 Å². The van der Waals surface area contributed by atoms with Gasteiger partial charge in [0.05, 0.1) is 5.69 Å². The number of nitrogens with one attached hydrogen (secondary N) is 1. The predicted molar refractivity (Wildman–Crippen MR) is 67.3 cm³/mol. The molecule has 0 aliphatic heterocycles. The first-order valence-corrected chi connectivity index (χ1v) is 6.00. The molecule has 2 aromatic heterocycles. The standard InChI is InChI=1S/C12H15F2N5O/c1-7-9(8(2)18(3)16-7)6-15-11(20)10-4-5-19(17-10)12(13)14/h4-5,12H,6H2,1-3H3,(H,15,20). The van der Waals surface area contributed by atoms with Crippen LogP contribution in [0.2, 0.25) is 0 Å². The van der Waals surface area contributed by atoms with Gasteiger partial charge in [-0.25, -0.2) is 4.68 Å². The quantitative estimate of drug-likeness (QED) is 0.926. The molecule has 0 aliphatic rings. The Kier molecular flexibility index (Phi) is 3.82. The Morgan fingerprint density at radius 2 is 2.10 bits per heavy atom. The van der Waals surface area contributed by atoms with Crippen LogP contribution in [0.1, 0.15) is 34.0 Å². The van der Waals surface area contributed by atoms with E-state index in [2.05, 4.69) is 15.5 Å². The SMILES string of the molecule is Cc1nn(C)c(C)c1CNC(=O)c1ccn(C(F)F)n1. The number of hydrogen-bond donors (Lipinski definition) is 1. The first-order valence-electron chi connectivity index (χ1n) is 6.00. The van der Waals surface area contributed by atoms with Gasteiger partial charge in [0.15, 0.2) is 0 Å². The lowest BCUT2D eigenvalue weighted by molar-refractivity contribution is 0.0560. The molecule has 0 aromatic carbocycles. The summed E-state index contributed by atoms with van der Waals surface area (Å²) >= 11 is 0. The molecule has 0 unspecified atom stereocenters. The van der Waals surface area contributed by atoms with Gasteiger partial charge in [-0.3, -0.25) is 9.48 Å². The first kappa shape index (κ1) is 14.2. The minimum atomic E-state index is -2.75. The Morgan fingerprint density at radius 3 is 2.60 bits per heavy atom. The molecule has 20 heavy (non-hydrogen) atoms. The van der Waals surface area contributed by atoms with Crippen molar-refractivity contribution in [2.75, 3.05) is 0 Å². The van der Waals surface area contributed by atoms with Crippen LogP contribution in [-0.2, 0) is 13.6 Å². The van der Waals surface area contributed by atoms with E-state index < -0.39 is 12.5 Å². The van der Waals surface area contributed by atoms with Crippen LogP contribution in [0, 0.1) is 13.8 Å². The number of carbonyl (C=O) groups is 1. The average molecular weight is 283 g/mol. The molecular formula is C12H15F2N5O. The van der Waals surface area contributed by atoms with Crippen LogP contribution in [0.15, 0.2) is 12.3 Å². The van der Waals surface area contributed by atoms with Gasteiger partial charge in [-0.1, -0.05) is 0 Å². The molecule has 2 rings (SSSR count).